The van der Waals surface area contributed by atoms with Gasteiger partial charge >= 0.3 is 0 Å². The van der Waals surface area contributed by atoms with Gasteiger partial charge in [0.2, 0.25) is 0 Å². The zero-order chi connectivity index (χ0) is 18.1. The van der Waals surface area contributed by atoms with E-state index in [9.17, 15) is 4.39 Å². The average Bonchev–Trinajstić information content (AvgIpc) is 3.00. The average molecular weight is 492 g/mol. The van der Waals surface area contributed by atoms with Gasteiger partial charge in [0.05, 0.1) is 17.2 Å². The first-order valence-electron chi connectivity index (χ1n) is 8.43. The number of halogens is 2. The maximum Gasteiger partial charge on any atom is 0.191 e. The lowest BCUT2D eigenvalue weighted by molar-refractivity contribution is 0.220. The predicted molar refractivity (Wildman–Crippen MR) is 116 cm³/mol. The van der Waals surface area contributed by atoms with E-state index in [1.54, 1.807) is 29.5 Å². The lowest BCUT2D eigenvalue weighted by atomic mass is 10.3. The molecule has 0 fully saturated rings. The van der Waals surface area contributed by atoms with Crippen LogP contribution in [0.1, 0.15) is 24.5 Å². The van der Waals surface area contributed by atoms with Crippen molar-refractivity contribution in [2.24, 2.45) is 4.99 Å². The molecule has 0 bridgehead atoms. The summed E-state index contributed by atoms with van der Waals surface area (Å²) in [5.74, 6) is 0.613. The molecule has 2 rings (SSSR count). The Morgan fingerprint density at radius 3 is 2.77 bits per heavy atom. The van der Waals surface area contributed by atoms with Crippen LogP contribution in [0.15, 0.2) is 34.6 Å². The standard InChI is InChI=1S/C18H25FN4OS.HI/c1-4-20-18(21-10-9-15-12-25-14(3)23-15)22-11-13(2)24-17-8-6-5-7-16(17)19;/h5-8,12-13H,4,9-11H2,1-3H3,(H2,20,21,22);1H. The van der Waals surface area contributed by atoms with E-state index >= 15 is 0 Å². The van der Waals surface area contributed by atoms with Crippen LogP contribution in [0.2, 0.25) is 0 Å². The summed E-state index contributed by atoms with van der Waals surface area (Å²) in [5, 5.41) is 9.63. The van der Waals surface area contributed by atoms with E-state index in [0.29, 0.717) is 6.54 Å². The van der Waals surface area contributed by atoms with Crippen LogP contribution in [-0.2, 0) is 6.42 Å². The van der Waals surface area contributed by atoms with Crippen LogP contribution < -0.4 is 15.4 Å². The van der Waals surface area contributed by atoms with Crippen molar-refractivity contribution in [2.75, 3.05) is 19.6 Å². The highest BCUT2D eigenvalue weighted by Gasteiger charge is 2.08. The first-order chi connectivity index (χ1) is 12.1. The molecule has 1 atom stereocenters. The Hall–Kier alpha value is -1.42. The number of hydrogen-bond donors (Lipinski definition) is 2. The summed E-state index contributed by atoms with van der Waals surface area (Å²) < 4.78 is 19.2. The smallest absolute Gasteiger partial charge is 0.191 e. The van der Waals surface area contributed by atoms with Gasteiger partial charge in [-0.25, -0.2) is 14.4 Å². The molecule has 1 aromatic carbocycles. The molecule has 0 saturated heterocycles. The van der Waals surface area contributed by atoms with E-state index in [-0.39, 0.29) is 41.6 Å². The number of nitrogens with zero attached hydrogens (tertiary/aromatic N) is 2. The zero-order valence-corrected chi connectivity index (χ0v) is 18.4. The number of rotatable bonds is 8. The number of benzene rings is 1. The number of aliphatic imine (C=N–C) groups is 1. The topological polar surface area (TPSA) is 58.5 Å². The van der Waals surface area contributed by atoms with Gasteiger partial charge in [-0.2, -0.15) is 0 Å². The summed E-state index contributed by atoms with van der Waals surface area (Å²) in [5.41, 5.74) is 1.09. The van der Waals surface area contributed by atoms with Crippen molar-refractivity contribution >= 4 is 41.3 Å². The SMILES string of the molecule is CCNC(=NCC(C)Oc1ccccc1F)NCCc1csc(C)n1.I. The third-order valence-electron chi connectivity index (χ3n) is 3.36. The molecule has 0 spiro atoms. The van der Waals surface area contributed by atoms with E-state index in [0.717, 1.165) is 36.2 Å². The van der Waals surface area contributed by atoms with Gasteiger partial charge in [-0.15, -0.1) is 35.3 Å². The van der Waals surface area contributed by atoms with Gasteiger partial charge in [0.15, 0.2) is 17.5 Å². The fraction of sp³-hybridized carbons (Fsp3) is 0.444. The summed E-state index contributed by atoms with van der Waals surface area (Å²) in [7, 11) is 0. The summed E-state index contributed by atoms with van der Waals surface area (Å²) in [4.78, 5) is 8.95. The third kappa shape index (κ3) is 7.86. The summed E-state index contributed by atoms with van der Waals surface area (Å²) in [6, 6.07) is 6.40. The normalized spacial score (nSPS) is 12.2. The molecule has 1 aromatic heterocycles. The molecule has 0 aliphatic heterocycles. The Morgan fingerprint density at radius 2 is 2.12 bits per heavy atom. The first-order valence-corrected chi connectivity index (χ1v) is 9.30. The predicted octanol–water partition coefficient (Wildman–Crippen LogP) is 3.77. The van der Waals surface area contributed by atoms with E-state index in [1.807, 2.05) is 20.8 Å². The number of aromatic nitrogens is 1. The molecule has 0 aliphatic rings. The van der Waals surface area contributed by atoms with Gasteiger partial charge in [-0.05, 0) is 32.9 Å². The molecule has 0 amide bonds. The highest BCUT2D eigenvalue weighted by molar-refractivity contribution is 14.0. The van der Waals surface area contributed by atoms with E-state index in [4.69, 9.17) is 4.74 Å². The quantitative estimate of drug-likeness (QED) is 0.335. The lowest BCUT2D eigenvalue weighted by Crippen LogP contribution is -2.39. The number of para-hydroxylation sites is 1. The van der Waals surface area contributed by atoms with Gasteiger partial charge in [-0.3, -0.25) is 0 Å². The molecule has 8 heteroatoms. The van der Waals surface area contributed by atoms with Crippen molar-refractivity contribution in [3.05, 3.63) is 46.2 Å². The van der Waals surface area contributed by atoms with Crippen molar-refractivity contribution in [1.82, 2.24) is 15.6 Å². The van der Waals surface area contributed by atoms with Crippen LogP contribution in [0, 0.1) is 12.7 Å². The van der Waals surface area contributed by atoms with E-state index in [2.05, 4.69) is 26.0 Å². The molecule has 1 unspecified atom stereocenters. The van der Waals surface area contributed by atoms with Gasteiger partial charge < -0.3 is 15.4 Å². The number of thiazole rings is 1. The van der Waals surface area contributed by atoms with Crippen LogP contribution in [-0.4, -0.2) is 36.7 Å². The fourth-order valence-electron chi connectivity index (χ4n) is 2.19. The first kappa shape index (κ1) is 22.6. The molecule has 26 heavy (non-hydrogen) atoms. The second-order valence-corrected chi connectivity index (χ2v) is 6.68. The zero-order valence-electron chi connectivity index (χ0n) is 15.3. The summed E-state index contributed by atoms with van der Waals surface area (Å²) in [6.45, 7) is 7.84. The Bertz CT molecular complexity index is 695. The maximum absolute atomic E-state index is 13.6. The monoisotopic (exact) mass is 492 g/mol. The molecular formula is C18H26FIN4OS. The lowest BCUT2D eigenvalue weighted by Gasteiger charge is -2.15. The summed E-state index contributed by atoms with van der Waals surface area (Å²) >= 11 is 1.66. The molecule has 0 saturated carbocycles. The molecule has 144 valence electrons. The molecule has 0 radical (unpaired) electrons. The molecule has 5 nitrogen and oxygen atoms in total. The van der Waals surface area contributed by atoms with Gasteiger partial charge in [-0.1, -0.05) is 12.1 Å². The van der Waals surface area contributed by atoms with Crippen molar-refractivity contribution in [2.45, 2.75) is 33.3 Å². The van der Waals surface area contributed by atoms with E-state index in [1.165, 1.54) is 6.07 Å². The number of guanidine groups is 1. The minimum atomic E-state index is -0.359. The number of nitrogens with one attached hydrogen (secondary N) is 2. The van der Waals surface area contributed by atoms with Crippen LogP contribution in [0.5, 0.6) is 5.75 Å². The van der Waals surface area contributed by atoms with Crippen LogP contribution in [0.25, 0.3) is 0 Å². The molecule has 2 aromatic rings. The van der Waals surface area contributed by atoms with Crippen LogP contribution >= 0.6 is 35.3 Å². The Labute approximate surface area is 175 Å². The maximum atomic E-state index is 13.6. The van der Waals surface area contributed by atoms with Crippen molar-refractivity contribution in [3.8, 4) is 5.75 Å². The second-order valence-electron chi connectivity index (χ2n) is 5.61. The molecular weight excluding hydrogens is 466 g/mol. The van der Waals surface area contributed by atoms with Crippen LogP contribution in [0.4, 0.5) is 4.39 Å². The molecule has 1 heterocycles. The fourth-order valence-corrected chi connectivity index (χ4v) is 2.84. The highest BCUT2D eigenvalue weighted by atomic mass is 127. The highest BCUT2D eigenvalue weighted by Crippen LogP contribution is 2.17. The minimum absolute atomic E-state index is 0. The second kappa shape index (κ2) is 12.1. The van der Waals surface area contributed by atoms with Crippen molar-refractivity contribution in [3.63, 3.8) is 0 Å². The Kier molecular flexibility index (Phi) is 10.5. The summed E-state index contributed by atoms with van der Waals surface area (Å²) in [6.07, 6.45) is 0.615. The number of ether oxygens (including phenoxy) is 1. The molecule has 2 N–H and O–H groups in total. The van der Waals surface area contributed by atoms with Crippen molar-refractivity contribution in [1.29, 1.82) is 0 Å². The van der Waals surface area contributed by atoms with Gasteiger partial charge in [0.25, 0.3) is 0 Å². The number of hydrogen-bond acceptors (Lipinski definition) is 4. The Balaban J connectivity index is 0.00000338. The minimum Gasteiger partial charge on any atom is -0.486 e. The van der Waals surface area contributed by atoms with Crippen molar-refractivity contribution < 1.29 is 9.13 Å². The number of aryl methyl sites for hydroxylation is 1. The molecule has 0 aliphatic carbocycles. The Morgan fingerprint density at radius 1 is 1.35 bits per heavy atom. The van der Waals surface area contributed by atoms with Gasteiger partial charge in [0, 0.05) is 24.9 Å². The van der Waals surface area contributed by atoms with E-state index < -0.39 is 0 Å². The third-order valence-corrected chi connectivity index (χ3v) is 4.18. The largest absolute Gasteiger partial charge is 0.486 e. The van der Waals surface area contributed by atoms with Crippen LogP contribution in [0.3, 0.4) is 0 Å². The van der Waals surface area contributed by atoms with Gasteiger partial charge in [0.1, 0.15) is 6.10 Å².